The number of carbonyl (C=O) groups is 1. The Morgan fingerprint density at radius 3 is 2.56 bits per heavy atom. The van der Waals surface area contributed by atoms with Gasteiger partial charge in [0, 0.05) is 25.2 Å². The maximum Gasteiger partial charge on any atom is 0.360 e. The van der Waals surface area contributed by atoms with Crippen LogP contribution in [0.1, 0.15) is 24.3 Å². The lowest BCUT2D eigenvalue weighted by Gasteiger charge is -2.43. The molecule has 0 unspecified atom stereocenters. The number of piperazine rings is 1. The SMILES string of the molecule is COC(=O)c1cn(-c2ccc(N3C[C@@H](C)N(C)[C@@H](C)C3)c(N)c2)nn1. The summed E-state index contributed by atoms with van der Waals surface area (Å²) in [5, 5.41) is 7.78. The fourth-order valence-corrected chi connectivity index (χ4v) is 3.16. The minimum Gasteiger partial charge on any atom is -0.464 e. The van der Waals surface area contributed by atoms with Crippen LogP contribution in [0.3, 0.4) is 0 Å². The first-order valence-corrected chi connectivity index (χ1v) is 8.28. The Morgan fingerprint density at radius 1 is 1.28 bits per heavy atom. The molecule has 8 nitrogen and oxygen atoms in total. The third kappa shape index (κ3) is 3.30. The first-order chi connectivity index (χ1) is 11.9. The molecule has 0 amide bonds. The fourth-order valence-electron chi connectivity index (χ4n) is 3.16. The zero-order valence-corrected chi connectivity index (χ0v) is 15.0. The number of aromatic nitrogens is 3. The Bertz CT molecular complexity index is 762. The highest BCUT2D eigenvalue weighted by Crippen LogP contribution is 2.29. The Kier molecular flexibility index (Phi) is 4.63. The molecule has 1 aliphatic rings. The van der Waals surface area contributed by atoms with Crippen molar-refractivity contribution < 1.29 is 9.53 Å². The van der Waals surface area contributed by atoms with E-state index in [1.54, 1.807) is 0 Å². The number of benzene rings is 1. The summed E-state index contributed by atoms with van der Waals surface area (Å²) >= 11 is 0. The Balaban J connectivity index is 1.84. The van der Waals surface area contributed by atoms with Crippen LogP contribution in [0.4, 0.5) is 11.4 Å². The molecular formula is C17H24N6O2. The molecule has 1 aromatic heterocycles. The highest BCUT2D eigenvalue weighted by Gasteiger charge is 2.27. The van der Waals surface area contributed by atoms with Crippen LogP contribution < -0.4 is 10.6 Å². The fraction of sp³-hybridized carbons (Fsp3) is 0.471. The van der Waals surface area contributed by atoms with Gasteiger partial charge in [0.15, 0.2) is 5.69 Å². The molecule has 1 saturated heterocycles. The monoisotopic (exact) mass is 344 g/mol. The lowest BCUT2D eigenvalue weighted by Crippen LogP contribution is -2.55. The Labute approximate surface area is 147 Å². The summed E-state index contributed by atoms with van der Waals surface area (Å²) in [6, 6.07) is 6.68. The zero-order valence-electron chi connectivity index (χ0n) is 15.0. The van der Waals surface area contributed by atoms with E-state index < -0.39 is 5.97 Å². The topological polar surface area (TPSA) is 89.5 Å². The molecule has 2 aromatic rings. The second-order valence-corrected chi connectivity index (χ2v) is 6.55. The van der Waals surface area contributed by atoms with Crippen LogP contribution in [-0.2, 0) is 4.74 Å². The van der Waals surface area contributed by atoms with Crippen LogP contribution in [0.2, 0.25) is 0 Å². The third-order valence-corrected chi connectivity index (χ3v) is 4.86. The molecule has 134 valence electrons. The van der Waals surface area contributed by atoms with Gasteiger partial charge >= 0.3 is 5.97 Å². The van der Waals surface area contributed by atoms with Crippen molar-refractivity contribution in [3.05, 3.63) is 30.1 Å². The van der Waals surface area contributed by atoms with Gasteiger partial charge in [-0.15, -0.1) is 5.10 Å². The number of hydrogen-bond donors (Lipinski definition) is 1. The van der Waals surface area contributed by atoms with E-state index in [1.807, 2.05) is 18.2 Å². The van der Waals surface area contributed by atoms with Crippen molar-refractivity contribution in [2.24, 2.45) is 0 Å². The molecule has 0 saturated carbocycles. The van der Waals surface area contributed by atoms with Crippen LogP contribution in [-0.4, -0.2) is 65.2 Å². The molecule has 0 bridgehead atoms. The Hall–Kier alpha value is -2.61. The molecule has 0 aliphatic carbocycles. The second-order valence-electron chi connectivity index (χ2n) is 6.55. The predicted octanol–water partition coefficient (Wildman–Crippen LogP) is 1.16. The van der Waals surface area contributed by atoms with Crippen LogP contribution in [0.25, 0.3) is 5.69 Å². The summed E-state index contributed by atoms with van der Waals surface area (Å²) in [5.74, 6) is -0.517. The van der Waals surface area contributed by atoms with Gasteiger partial charge in [-0.25, -0.2) is 9.48 Å². The number of nitrogens with zero attached hydrogens (tertiary/aromatic N) is 5. The standard InChI is InChI=1S/C17H24N6O2/c1-11-8-22(9-12(2)21(11)3)16-6-5-13(7-14(16)18)23-10-15(19-20-23)17(24)25-4/h5-7,10-12H,8-9,18H2,1-4H3/t11-,12+. The van der Waals surface area contributed by atoms with E-state index in [1.165, 1.54) is 18.0 Å². The van der Waals surface area contributed by atoms with E-state index in [9.17, 15) is 4.79 Å². The second kappa shape index (κ2) is 6.72. The van der Waals surface area contributed by atoms with Gasteiger partial charge in [-0.1, -0.05) is 5.21 Å². The number of ether oxygens (including phenoxy) is 1. The van der Waals surface area contributed by atoms with Gasteiger partial charge in [-0.05, 0) is 39.1 Å². The highest BCUT2D eigenvalue weighted by molar-refractivity contribution is 5.86. The molecule has 0 radical (unpaired) electrons. The predicted molar refractivity (Wildman–Crippen MR) is 96.0 cm³/mol. The van der Waals surface area contributed by atoms with E-state index in [0.717, 1.165) is 24.5 Å². The number of methoxy groups -OCH3 is 1. The van der Waals surface area contributed by atoms with Gasteiger partial charge in [-0.3, -0.25) is 4.90 Å². The van der Waals surface area contributed by atoms with E-state index in [0.29, 0.717) is 17.8 Å². The van der Waals surface area contributed by atoms with Crippen molar-refractivity contribution in [2.45, 2.75) is 25.9 Å². The molecule has 2 heterocycles. The lowest BCUT2D eigenvalue weighted by molar-refractivity contribution is 0.0594. The number of anilines is 2. The molecule has 2 atom stereocenters. The minimum absolute atomic E-state index is 0.159. The highest BCUT2D eigenvalue weighted by atomic mass is 16.5. The van der Waals surface area contributed by atoms with Gasteiger partial charge in [0.1, 0.15) is 0 Å². The van der Waals surface area contributed by atoms with E-state index in [4.69, 9.17) is 5.73 Å². The number of nitrogens with two attached hydrogens (primary N) is 1. The average Bonchev–Trinajstić information content (AvgIpc) is 3.08. The van der Waals surface area contributed by atoms with E-state index in [-0.39, 0.29) is 5.69 Å². The van der Waals surface area contributed by atoms with Crippen molar-refractivity contribution in [1.82, 2.24) is 19.9 Å². The summed E-state index contributed by atoms with van der Waals surface area (Å²) < 4.78 is 6.16. The van der Waals surface area contributed by atoms with E-state index in [2.05, 4.69) is 45.7 Å². The Morgan fingerprint density at radius 2 is 1.96 bits per heavy atom. The molecule has 2 N–H and O–H groups in total. The molecular weight excluding hydrogens is 320 g/mol. The van der Waals surface area contributed by atoms with Gasteiger partial charge in [0.05, 0.1) is 30.4 Å². The largest absolute Gasteiger partial charge is 0.464 e. The number of hydrogen-bond acceptors (Lipinski definition) is 7. The van der Waals surface area contributed by atoms with Gasteiger partial charge < -0.3 is 15.4 Å². The van der Waals surface area contributed by atoms with Gasteiger partial charge in [-0.2, -0.15) is 0 Å². The van der Waals surface area contributed by atoms with Crippen molar-refractivity contribution in [3.8, 4) is 5.69 Å². The normalized spacial score (nSPS) is 21.4. The lowest BCUT2D eigenvalue weighted by atomic mass is 10.1. The van der Waals surface area contributed by atoms with Gasteiger partial charge in [0.25, 0.3) is 0 Å². The first-order valence-electron chi connectivity index (χ1n) is 8.28. The third-order valence-electron chi connectivity index (χ3n) is 4.86. The van der Waals surface area contributed by atoms with Crippen LogP contribution in [0.15, 0.2) is 24.4 Å². The molecule has 1 aromatic carbocycles. The summed E-state index contributed by atoms with van der Waals surface area (Å²) in [6.45, 7) is 6.30. The number of esters is 1. The number of likely N-dealkylation sites (N-methyl/N-ethyl adjacent to an activating group) is 1. The summed E-state index contributed by atoms with van der Waals surface area (Å²) in [7, 11) is 3.47. The van der Waals surface area contributed by atoms with Crippen LogP contribution in [0, 0.1) is 0 Å². The smallest absolute Gasteiger partial charge is 0.360 e. The first kappa shape index (κ1) is 17.2. The van der Waals surface area contributed by atoms with Crippen molar-refractivity contribution >= 4 is 17.3 Å². The van der Waals surface area contributed by atoms with Crippen LogP contribution in [0.5, 0.6) is 0 Å². The average molecular weight is 344 g/mol. The van der Waals surface area contributed by atoms with Crippen molar-refractivity contribution in [3.63, 3.8) is 0 Å². The summed E-state index contributed by atoms with van der Waals surface area (Å²) in [5.41, 5.74) is 8.90. The molecule has 1 aliphatic heterocycles. The number of nitrogen functional groups attached to an aromatic ring is 1. The van der Waals surface area contributed by atoms with E-state index >= 15 is 0 Å². The minimum atomic E-state index is -0.517. The molecule has 8 heteroatoms. The van der Waals surface area contributed by atoms with Gasteiger partial charge in [0.2, 0.25) is 0 Å². The van der Waals surface area contributed by atoms with Crippen LogP contribution >= 0.6 is 0 Å². The number of carbonyl (C=O) groups excluding carboxylic acids is 1. The molecule has 0 spiro atoms. The maximum atomic E-state index is 11.5. The maximum absolute atomic E-state index is 11.5. The summed E-state index contributed by atoms with van der Waals surface area (Å²) in [4.78, 5) is 16.2. The zero-order chi connectivity index (χ0) is 18.1. The number of rotatable bonds is 3. The summed E-state index contributed by atoms with van der Waals surface area (Å²) in [6.07, 6.45) is 1.53. The molecule has 1 fully saturated rings. The quantitative estimate of drug-likeness (QED) is 0.660. The molecule has 3 rings (SSSR count). The van der Waals surface area contributed by atoms with Crippen molar-refractivity contribution in [2.75, 3.05) is 37.9 Å². The van der Waals surface area contributed by atoms with Crippen molar-refractivity contribution in [1.29, 1.82) is 0 Å². The molecule has 25 heavy (non-hydrogen) atoms.